The van der Waals surface area contributed by atoms with E-state index in [4.69, 9.17) is 17.1 Å². The monoisotopic (exact) mass is 542 g/mol. The Kier molecular flexibility index (Phi) is 7.09. The first-order chi connectivity index (χ1) is 19.4. The summed E-state index contributed by atoms with van der Waals surface area (Å²) in [6.07, 6.45) is 9.21. The maximum absolute atomic E-state index is 15.6. The molecule has 2 aliphatic rings. The molecule has 0 aliphatic carbocycles. The molecule has 0 amide bonds. The number of rotatable bonds is 5. The van der Waals surface area contributed by atoms with Crippen LogP contribution in [0.4, 0.5) is 20.3 Å². The lowest BCUT2D eigenvalue weighted by Crippen LogP contribution is -2.53. The van der Waals surface area contributed by atoms with Gasteiger partial charge in [0.05, 0.1) is 17.9 Å². The Bertz CT molecular complexity index is 1550. The number of benzene rings is 1. The van der Waals surface area contributed by atoms with Gasteiger partial charge in [-0.15, -0.1) is 6.42 Å². The summed E-state index contributed by atoms with van der Waals surface area (Å²) in [5.74, 6) is 2.51. The number of aryl methyl sites for hydroxylation is 1. The van der Waals surface area contributed by atoms with E-state index in [1.807, 2.05) is 23.1 Å². The highest BCUT2D eigenvalue weighted by molar-refractivity contribution is 5.78. The van der Waals surface area contributed by atoms with Crippen molar-refractivity contribution in [3.05, 3.63) is 60.1 Å². The van der Waals surface area contributed by atoms with Crippen molar-refractivity contribution in [3.63, 3.8) is 0 Å². The minimum absolute atomic E-state index is 0.0234. The van der Waals surface area contributed by atoms with Gasteiger partial charge in [0.25, 0.3) is 0 Å². The third kappa shape index (κ3) is 4.98. The zero-order valence-corrected chi connectivity index (χ0v) is 22.5. The van der Waals surface area contributed by atoms with Crippen LogP contribution in [0.15, 0.2) is 42.6 Å². The van der Waals surface area contributed by atoms with E-state index >= 15 is 8.78 Å². The number of aromatic nitrogens is 4. The maximum atomic E-state index is 15.6. The van der Waals surface area contributed by atoms with Crippen LogP contribution in [0.3, 0.4) is 0 Å². The third-order valence-corrected chi connectivity index (χ3v) is 8.03. The van der Waals surface area contributed by atoms with Crippen LogP contribution in [0.2, 0.25) is 0 Å². The topological polar surface area (TPSA) is 79.3 Å². The van der Waals surface area contributed by atoms with Crippen molar-refractivity contribution in [3.8, 4) is 29.3 Å². The van der Waals surface area contributed by atoms with Crippen LogP contribution in [0.1, 0.15) is 18.7 Å². The molecule has 40 heavy (non-hydrogen) atoms. The van der Waals surface area contributed by atoms with Gasteiger partial charge in [0.1, 0.15) is 22.8 Å². The second-order valence-electron chi connectivity index (χ2n) is 10.5. The number of imidazole rings is 1. The van der Waals surface area contributed by atoms with E-state index in [-0.39, 0.29) is 5.69 Å². The van der Waals surface area contributed by atoms with Gasteiger partial charge in [-0.3, -0.25) is 14.4 Å². The molecule has 2 fully saturated rings. The summed E-state index contributed by atoms with van der Waals surface area (Å²) in [4.78, 5) is 19.9. The van der Waals surface area contributed by atoms with E-state index in [0.717, 1.165) is 44.6 Å². The van der Waals surface area contributed by atoms with E-state index in [1.165, 1.54) is 12.1 Å². The van der Waals surface area contributed by atoms with Crippen molar-refractivity contribution < 1.29 is 8.78 Å². The predicted molar refractivity (Wildman–Crippen MR) is 153 cm³/mol. The number of nitrogen functional groups attached to an aromatic ring is 1. The van der Waals surface area contributed by atoms with Gasteiger partial charge in [-0.1, -0.05) is 5.92 Å². The lowest BCUT2D eigenvalue weighted by Gasteiger charge is -2.43. The van der Waals surface area contributed by atoms with Crippen LogP contribution < -0.4 is 10.6 Å². The lowest BCUT2D eigenvalue weighted by molar-refractivity contribution is 0.109. The minimum Gasteiger partial charge on any atom is -0.384 e. The summed E-state index contributed by atoms with van der Waals surface area (Å²) < 4.78 is 32.9. The molecular weight excluding hydrogens is 510 g/mol. The summed E-state index contributed by atoms with van der Waals surface area (Å²) >= 11 is 0. The third-order valence-electron chi connectivity index (χ3n) is 8.03. The molecule has 2 N–H and O–H groups in total. The van der Waals surface area contributed by atoms with Crippen molar-refractivity contribution >= 4 is 22.7 Å². The van der Waals surface area contributed by atoms with E-state index in [1.54, 1.807) is 23.8 Å². The quantitative estimate of drug-likeness (QED) is 0.384. The normalized spacial score (nSPS) is 17.4. The van der Waals surface area contributed by atoms with Gasteiger partial charge in [0.15, 0.2) is 17.3 Å². The van der Waals surface area contributed by atoms with Gasteiger partial charge in [-0.2, -0.15) is 0 Å². The highest BCUT2D eigenvalue weighted by Crippen LogP contribution is 2.31. The average molecular weight is 543 g/mol. The fourth-order valence-corrected chi connectivity index (χ4v) is 6.01. The van der Waals surface area contributed by atoms with Crippen LogP contribution in [-0.4, -0.2) is 81.2 Å². The molecule has 10 heteroatoms. The number of nitrogens with zero attached hydrogens (tertiary/aromatic N) is 7. The van der Waals surface area contributed by atoms with Crippen molar-refractivity contribution in [1.29, 1.82) is 0 Å². The molecule has 4 aromatic rings. The van der Waals surface area contributed by atoms with Gasteiger partial charge >= 0.3 is 0 Å². The molecule has 1 aromatic carbocycles. The first-order valence-corrected chi connectivity index (χ1v) is 13.6. The first kappa shape index (κ1) is 26.2. The molecule has 2 aliphatic heterocycles. The summed E-state index contributed by atoms with van der Waals surface area (Å²) in [5.41, 5.74) is 8.82. The van der Waals surface area contributed by atoms with Gasteiger partial charge in [-0.25, -0.2) is 23.7 Å². The maximum Gasteiger partial charge on any atom is 0.165 e. The first-order valence-electron chi connectivity index (χ1n) is 13.6. The number of pyridine rings is 2. The highest BCUT2D eigenvalue weighted by atomic mass is 19.1. The molecule has 5 heterocycles. The number of hydrogen-bond donors (Lipinski definition) is 1. The average Bonchev–Trinajstić information content (AvgIpc) is 3.28. The Morgan fingerprint density at radius 3 is 2.38 bits per heavy atom. The number of fused-ring (bicyclic) bond motifs is 1. The summed E-state index contributed by atoms with van der Waals surface area (Å²) in [7, 11) is 0. The molecule has 3 aromatic heterocycles. The van der Waals surface area contributed by atoms with Crippen LogP contribution in [-0.2, 0) is 0 Å². The van der Waals surface area contributed by atoms with Gasteiger partial charge in [0, 0.05) is 69.2 Å². The molecule has 0 saturated carbocycles. The molecule has 0 atom stereocenters. The largest absolute Gasteiger partial charge is 0.384 e. The number of piperidine rings is 1. The molecule has 0 bridgehead atoms. The smallest absolute Gasteiger partial charge is 0.165 e. The summed E-state index contributed by atoms with van der Waals surface area (Å²) in [6, 6.07) is 10.5. The zero-order chi connectivity index (χ0) is 27.8. The van der Waals surface area contributed by atoms with Crippen LogP contribution in [0.5, 0.6) is 0 Å². The van der Waals surface area contributed by atoms with Crippen LogP contribution >= 0.6 is 0 Å². The van der Waals surface area contributed by atoms with Crippen LogP contribution in [0.25, 0.3) is 28.1 Å². The number of anilines is 2. The highest BCUT2D eigenvalue weighted by Gasteiger charge is 2.29. The Balaban J connectivity index is 1.22. The molecule has 206 valence electrons. The van der Waals surface area contributed by atoms with E-state index in [2.05, 4.69) is 25.7 Å². The second kappa shape index (κ2) is 10.8. The Labute approximate surface area is 232 Å². The zero-order valence-electron chi connectivity index (χ0n) is 22.5. The Hall–Kier alpha value is -4.07. The Morgan fingerprint density at radius 1 is 0.975 bits per heavy atom. The van der Waals surface area contributed by atoms with Gasteiger partial charge < -0.3 is 10.6 Å². The standard InChI is InChI=1S/C30H32F2N8/c1-3-10-37-11-7-22(8-12-37)38-13-15-39(16-14-38)29-24(31)18-23(19-25(29)32)40-20(2)35-27-5-4-26(36-30(27)40)21-6-9-34-28(33)17-21/h1,4-6,9,17-19,22H,7-8,10-16H2,2H3,(H2,33,34). The predicted octanol–water partition coefficient (Wildman–Crippen LogP) is 3.87. The Morgan fingerprint density at radius 2 is 1.70 bits per heavy atom. The second-order valence-corrected chi connectivity index (χ2v) is 10.5. The lowest BCUT2D eigenvalue weighted by atomic mass is 10.0. The summed E-state index contributed by atoms with van der Waals surface area (Å²) in [5, 5.41) is 0. The molecule has 0 spiro atoms. The molecule has 0 radical (unpaired) electrons. The molecule has 2 saturated heterocycles. The number of hydrogen-bond acceptors (Lipinski definition) is 7. The van der Waals surface area contributed by atoms with E-state index in [0.29, 0.717) is 59.9 Å². The molecular formula is C30H32F2N8. The SMILES string of the molecule is C#CCN1CCC(N2CCN(c3c(F)cc(-n4c(C)nc5ccc(-c6ccnc(N)c6)nc54)cc3F)CC2)CC1. The molecule has 8 nitrogen and oxygen atoms in total. The fourth-order valence-electron chi connectivity index (χ4n) is 6.01. The fraction of sp³-hybridized carbons (Fsp3) is 0.367. The summed E-state index contributed by atoms with van der Waals surface area (Å²) in [6.45, 7) is 7.18. The number of terminal acetylenes is 1. The van der Waals surface area contributed by atoms with Gasteiger partial charge in [0.2, 0.25) is 0 Å². The van der Waals surface area contributed by atoms with Crippen LogP contribution in [0, 0.1) is 30.9 Å². The number of likely N-dealkylation sites (tertiary alicyclic amines) is 1. The minimum atomic E-state index is -0.592. The van der Waals surface area contributed by atoms with Crippen molar-refractivity contribution in [1.82, 2.24) is 29.3 Å². The van der Waals surface area contributed by atoms with Gasteiger partial charge in [-0.05, 0) is 44.0 Å². The number of nitrogens with two attached hydrogens (primary N) is 1. The number of halogens is 2. The van der Waals surface area contributed by atoms with Crippen molar-refractivity contribution in [2.45, 2.75) is 25.8 Å². The van der Waals surface area contributed by atoms with Crippen molar-refractivity contribution in [2.24, 2.45) is 0 Å². The number of piperazine rings is 1. The molecule has 6 rings (SSSR count). The van der Waals surface area contributed by atoms with Crippen molar-refractivity contribution in [2.75, 3.05) is 56.4 Å². The molecule has 0 unspecified atom stereocenters. The van der Waals surface area contributed by atoms with E-state index in [9.17, 15) is 0 Å². The van der Waals surface area contributed by atoms with E-state index < -0.39 is 11.6 Å².